The number of furan rings is 1. The Bertz CT molecular complexity index is 1470. The van der Waals surface area contributed by atoms with Crippen LogP contribution in [0.3, 0.4) is 0 Å². The summed E-state index contributed by atoms with van der Waals surface area (Å²) < 4.78 is 6.83. The molecule has 0 unspecified atom stereocenters. The van der Waals surface area contributed by atoms with Crippen molar-refractivity contribution in [2.75, 3.05) is 5.75 Å². The van der Waals surface area contributed by atoms with Gasteiger partial charge >= 0.3 is 0 Å². The van der Waals surface area contributed by atoms with Crippen molar-refractivity contribution in [3.63, 3.8) is 0 Å². The van der Waals surface area contributed by atoms with Gasteiger partial charge < -0.3 is 4.42 Å². The molecule has 0 fully saturated rings. The number of thiophene rings is 1. The Hall–Kier alpha value is -3.43. The van der Waals surface area contributed by atoms with Gasteiger partial charge in [0.2, 0.25) is 0 Å². The molecule has 1 aromatic carbocycles. The fourth-order valence-corrected chi connectivity index (χ4v) is 6.15. The molecule has 1 aliphatic carbocycles. The first-order valence-corrected chi connectivity index (χ1v) is 13.2. The van der Waals surface area contributed by atoms with E-state index in [1.165, 1.54) is 22.9 Å². The number of amides is 1. The Morgan fingerprint density at radius 1 is 1.26 bits per heavy atom. The van der Waals surface area contributed by atoms with Crippen LogP contribution in [-0.2, 0) is 17.6 Å². The predicted octanol–water partition coefficient (Wildman–Crippen LogP) is 5.13. The number of benzene rings is 1. The molecule has 3 aromatic heterocycles. The second kappa shape index (κ2) is 10.5. The van der Waals surface area contributed by atoms with Crippen LogP contribution in [0.4, 0.5) is 0 Å². The minimum absolute atomic E-state index is 0.0674. The molecular formula is C26H24N4O3S2. The van der Waals surface area contributed by atoms with Gasteiger partial charge in [-0.05, 0) is 74.6 Å². The van der Waals surface area contributed by atoms with Gasteiger partial charge in [0, 0.05) is 11.1 Å². The van der Waals surface area contributed by atoms with Crippen LogP contribution in [0.15, 0.2) is 68.2 Å². The maximum absolute atomic E-state index is 13.7. The van der Waals surface area contributed by atoms with Crippen molar-refractivity contribution in [3.8, 4) is 5.69 Å². The third kappa shape index (κ3) is 5.16. The van der Waals surface area contributed by atoms with E-state index in [2.05, 4.69) is 10.5 Å². The van der Waals surface area contributed by atoms with Gasteiger partial charge in [-0.3, -0.25) is 14.2 Å². The van der Waals surface area contributed by atoms with E-state index in [0.717, 1.165) is 52.7 Å². The lowest BCUT2D eigenvalue weighted by Crippen LogP contribution is -2.24. The van der Waals surface area contributed by atoms with Crippen LogP contribution >= 0.6 is 23.1 Å². The number of aromatic nitrogens is 2. The Kier molecular flexibility index (Phi) is 6.96. The Morgan fingerprint density at radius 2 is 2.09 bits per heavy atom. The van der Waals surface area contributed by atoms with Crippen molar-refractivity contribution in [3.05, 3.63) is 80.9 Å². The van der Waals surface area contributed by atoms with Crippen molar-refractivity contribution < 1.29 is 9.21 Å². The van der Waals surface area contributed by atoms with Crippen LogP contribution in [0.2, 0.25) is 0 Å². The number of thioether (sulfide) groups is 1. The van der Waals surface area contributed by atoms with Gasteiger partial charge in [0.05, 0.1) is 23.1 Å². The Morgan fingerprint density at radius 3 is 2.89 bits per heavy atom. The first kappa shape index (κ1) is 23.3. The van der Waals surface area contributed by atoms with E-state index < -0.39 is 0 Å². The number of allylic oxidation sites excluding steroid dienone is 1. The van der Waals surface area contributed by atoms with Crippen LogP contribution in [-0.4, -0.2) is 27.4 Å². The molecule has 7 nitrogen and oxygen atoms in total. The zero-order chi connectivity index (χ0) is 24.2. The molecule has 5 rings (SSSR count). The number of hydrazone groups is 1. The van der Waals surface area contributed by atoms with E-state index in [0.29, 0.717) is 10.9 Å². The maximum atomic E-state index is 13.7. The van der Waals surface area contributed by atoms with E-state index in [-0.39, 0.29) is 17.2 Å². The number of carbonyl (C=O) groups is 1. The van der Waals surface area contributed by atoms with E-state index in [1.54, 1.807) is 40.4 Å². The molecule has 35 heavy (non-hydrogen) atoms. The predicted molar refractivity (Wildman–Crippen MR) is 142 cm³/mol. The van der Waals surface area contributed by atoms with Crippen LogP contribution in [0.25, 0.3) is 22.0 Å². The summed E-state index contributed by atoms with van der Waals surface area (Å²) in [7, 11) is 0. The molecule has 1 N–H and O–H groups in total. The number of fused-ring (bicyclic) bond motifs is 3. The van der Waals surface area contributed by atoms with Crippen molar-refractivity contribution in [1.82, 2.24) is 15.0 Å². The summed E-state index contributed by atoms with van der Waals surface area (Å²) in [5, 5.41) is 5.16. The van der Waals surface area contributed by atoms with Crippen molar-refractivity contribution in [2.45, 2.75) is 37.8 Å². The molecule has 0 saturated heterocycles. The molecule has 1 aliphatic rings. The van der Waals surface area contributed by atoms with Gasteiger partial charge in [-0.2, -0.15) is 5.10 Å². The molecule has 0 atom stereocenters. The van der Waals surface area contributed by atoms with Crippen LogP contribution in [0.5, 0.6) is 0 Å². The van der Waals surface area contributed by atoms with Gasteiger partial charge in [0.1, 0.15) is 10.6 Å². The normalized spacial score (nSPS) is 13.6. The molecule has 9 heteroatoms. The number of rotatable bonds is 7. The van der Waals surface area contributed by atoms with Gasteiger partial charge in [-0.1, -0.05) is 29.5 Å². The summed E-state index contributed by atoms with van der Waals surface area (Å²) in [4.78, 5) is 33.0. The zero-order valence-corrected chi connectivity index (χ0v) is 20.8. The smallest absolute Gasteiger partial charge is 0.267 e. The lowest BCUT2D eigenvalue weighted by atomic mass is 9.97. The molecule has 0 bridgehead atoms. The summed E-state index contributed by atoms with van der Waals surface area (Å²) in [6, 6.07) is 11.4. The minimum atomic E-state index is -0.284. The van der Waals surface area contributed by atoms with E-state index >= 15 is 0 Å². The van der Waals surface area contributed by atoms with Crippen molar-refractivity contribution in [2.24, 2.45) is 5.10 Å². The number of carbonyl (C=O) groups excluding carboxylic acids is 1. The second-order valence-electron chi connectivity index (χ2n) is 8.24. The van der Waals surface area contributed by atoms with Gasteiger partial charge in [-0.15, -0.1) is 11.3 Å². The first-order valence-electron chi connectivity index (χ1n) is 11.4. The molecule has 178 valence electrons. The molecule has 3 heterocycles. The average Bonchev–Trinajstić information content (AvgIpc) is 3.51. The summed E-state index contributed by atoms with van der Waals surface area (Å²) in [6.45, 7) is 2.01. The van der Waals surface area contributed by atoms with Gasteiger partial charge in [0.25, 0.3) is 11.5 Å². The van der Waals surface area contributed by atoms with Crippen LogP contribution in [0, 0.1) is 6.92 Å². The van der Waals surface area contributed by atoms with Gasteiger partial charge in [-0.25, -0.2) is 10.4 Å². The van der Waals surface area contributed by atoms with E-state index in [4.69, 9.17) is 9.40 Å². The molecule has 0 spiro atoms. The first-order chi connectivity index (χ1) is 17.1. The minimum Gasteiger partial charge on any atom is -0.465 e. The lowest BCUT2D eigenvalue weighted by Gasteiger charge is -2.13. The highest BCUT2D eigenvalue weighted by molar-refractivity contribution is 7.99. The second-order valence-corrected chi connectivity index (χ2v) is 10.3. The quantitative estimate of drug-likeness (QED) is 0.163. The summed E-state index contributed by atoms with van der Waals surface area (Å²) in [5.41, 5.74) is 5.45. The summed E-state index contributed by atoms with van der Waals surface area (Å²) in [5.74, 6) is 0.491. The highest BCUT2D eigenvalue weighted by atomic mass is 32.2. The van der Waals surface area contributed by atoms with Crippen molar-refractivity contribution >= 4 is 51.5 Å². The van der Waals surface area contributed by atoms with Gasteiger partial charge in [0.15, 0.2) is 5.16 Å². The van der Waals surface area contributed by atoms with Crippen molar-refractivity contribution in [1.29, 1.82) is 0 Å². The molecular weight excluding hydrogens is 480 g/mol. The molecule has 0 radical (unpaired) electrons. The largest absolute Gasteiger partial charge is 0.465 e. The summed E-state index contributed by atoms with van der Waals surface area (Å²) >= 11 is 2.84. The standard InChI is InChI=1S/C26H24N4O3S2/c1-17-10-12-18(13-11-17)30-25(32)23-20-8-2-3-9-21(20)35-24(23)28-26(30)34-16-22(31)29-27-14-4-6-19-7-5-15-33-19/h4-7,10-15H,2-3,8-9,16H2,1H3,(H,29,31)/b6-4+,27-14-. The summed E-state index contributed by atoms with van der Waals surface area (Å²) in [6.07, 6.45) is 10.6. The SMILES string of the molecule is Cc1ccc(-n2c(SCC(=O)N/N=C\C=C\c3ccco3)nc3sc4c(c3c2=O)CCCC4)cc1. The Labute approximate surface area is 210 Å². The number of nitrogens with one attached hydrogen (secondary N) is 1. The van der Waals surface area contributed by atoms with Crippen LogP contribution < -0.4 is 11.0 Å². The molecule has 4 aromatic rings. The number of hydrogen-bond donors (Lipinski definition) is 1. The third-order valence-electron chi connectivity index (χ3n) is 5.74. The molecule has 0 saturated carbocycles. The lowest BCUT2D eigenvalue weighted by molar-refractivity contribution is -0.118. The fourth-order valence-electron chi connectivity index (χ4n) is 4.04. The highest BCUT2D eigenvalue weighted by Crippen LogP contribution is 2.35. The third-order valence-corrected chi connectivity index (χ3v) is 7.86. The Balaban J connectivity index is 1.39. The molecule has 1 amide bonds. The number of aryl methyl sites for hydroxylation is 3. The van der Waals surface area contributed by atoms with Crippen LogP contribution in [0.1, 0.15) is 34.6 Å². The fraction of sp³-hybridized carbons (Fsp3) is 0.231. The maximum Gasteiger partial charge on any atom is 0.267 e. The highest BCUT2D eigenvalue weighted by Gasteiger charge is 2.23. The number of nitrogens with zero attached hydrogens (tertiary/aromatic N) is 3. The topological polar surface area (TPSA) is 89.5 Å². The number of hydrogen-bond acceptors (Lipinski definition) is 7. The molecule has 0 aliphatic heterocycles. The monoisotopic (exact) mass is 504 g/mol. The average molecular weight is 505 g/mol. The zero-order valence-electron chi connectivity index (χ0n) is 19.2. The van der Waals surface area contributed by atoms with E-state index in [1.807, 2.05) is 37.3 Å². The van der Waals surface area contributed by atoms with E-state index in [9.17, 15) is 9.59 Å².